The van der Waals surface area contributed by atoms with E-state index in [1.807, 2.05) is 39.3 Å². The zero-order valence-corrected chi connectivity index (χ0v) is 20.1. The molecular formula is C19H33IN8. The molecule has 2 aromatic rings. The third kappa shape index (κ3) is 4.98. The average Bonchev–Trinajstić information content (AvgIpc) is 3.21. The number of halogens is 1. The highest BCUT2D eigenvalue weighted by Gasteiger charge is 2.23. The summed E-state index contributed by atoms with van der Waals surface area (Å²) in [4.78, 5) is 10.8. The van der Waals surface area contributed by atoms with E-state index in [9.17, 15) is 0 Å². The van der Waals surface area contributed by atoms with Crippen molar-refractivity contribution in [2.45, 2.75) is 51.7 Å². The lowest BCUT2D eigenvalue weighted by molar-refractivity contribution is 0.499. The molecule has 0 fully saturated rings. The molecule has 0 saturated carbocycles. The van der Waals surface area contributed by atoms with Crippen molar-refractivity contribution in [1.29, 1.82) is 0 Å². The van der Waals surface area contributed by atoms with Gasteiger partial charge in [0.25, 0.3) is 0 Å². The lowest BCUT2D eigenvalue weighted by Crippen LogP contribution is -2.45. The summed E-state index contributed by atoms with van der Waals surface area (Å²) in [6, 6.07) is 0.755. The van der Waals surface area contributed by atoms with Crippen LogP contribution in [0.5, 0.6) is 0 Å². The van der Waals surface area contributed by atoms with Crippen LogP contribution in [0, 0.1) is 0 Å². The maximum absolute atomic E-state index is 4.76. The van der Waals surface area contributed by atoms with Crippen LogP contribution in [-0.4, -0.2) is 52.5 Å². The summed E-state index contributed by atoms with van der Waals surface area (Å²) in [5, 5.41) is 11.7. The molecule has 9 heteroatoms. The Bertz CT molecular complexity index is 805. The van der Waals surface area contributed by atoms with Crippen LogP contribution in [0.15, 0.2) is 17.4 Å². The van der Waals surface area contributed by atoms with E-state index < -0.39 is 0 Å². The van der Waals surface area contributed by atoms with E-state index in [0.29, 0.717) is 18.6 Å². The Kier molecular flexibility index (Phi) is 7.73. The summed E-state index contributed by atoms with van der Waals surface area (Å²) in [6.45, 7) is 5.01. The number of hydrogen-bond acceptors (Lipinski definition) is 4. The Morgan fingerprint density at radius 3 is 2.75 bits per heavy atom. The number of nitrogens with zero attached hydrogens (tertiary/aromatic N) is 6. The van der Waals surface area contributed by atoms with E-state index >= 15 is 0 Å². The number of aliphatic imine (C=N–C) groups is 1. The van der Waals surface area contributed by atoms with Gasteiger partial charge in [0.15, 0.2) is 5.96 Å². The van der Waals surface area contributed by atoms with Crippen LogP contribution < -0.4 is 15.5 Å². The van der Waals surface area contributed by atoms with Crippen LogP contribution >= 0.6 is 24.0 Å². The van der Waals surface area contributed by atoms with E-state index in [1.165, 1.54) is 11.3 Å². The summed E-state index contributed by atoms with van der Waals surface area (Å²) >= 11 is 0. The Balaban J connectivity index is 0.00000280. The third-order valence-corrected chi connectivity index (χ3v) is 5.09. The standard InChI is InChI=1S/C19H32N8.HI/c1-13(2)27-12-14-7-8-15(9-17(14)24-27)23-18(20-3)21-10-16-11-22-19(25(4)5)26(16)6;/h11-13,15H,7-10H2,1-6H3,(H2,20,21,23);1H. The first-order chi connectivity index (χ1) is 12.9. The zero-order chi connectivity index (χ0) is 19.6. The van der Waals surface area contributed by atoms with Crippen LogP contribution in [0.1, 0.15) is 43.3 Å². The smallest absolute Gasteiger partial charge is 0.204 e. The van der Waals surface area contributed by atoms with Gasteiger partial charge in [0.1, 0.15) is 0 Å². The highest BCUT2D eigenvalue weighted by atomic mass is 127. The molecule has 0 saturated heterocycles. The molecule has 1 atom stereocenters. The molecule has 1 aliphatic carbocycles. The fourth-order valence-corrected chi connectivity index (χ4v) is 3.48. The van der Waals surface area contributed by atoms with Gasteiger partial charge in [-0.2, -0.15) is 5.10 Å². The Morgan fingerprint density at radius 2 is 2.14 bits per heavy atom. The predicted octanol–water partition coefficient (Wildman–Crippen LogP) is 2.10. The van der Waals surface area contributed by atoms with Crippen molar-refractivity contribution in [1.82, 2.24) is 30.0 Å². The fourth-order valence-electron chi connectivity index (χ4n) is 3.48. The molecule has 2 aromatic heterocycles. The minimum atomic E-state index is 0. The second kappa shape index (κ2) is 9.62. The number of aromatic nitrogens is 4. The number of guanidine groups is 1. The van der Waals surface area contributed by atoms with Gasteiger partial charge in [0, 0.05) is 52.9 Å². The third-order valence-electron chi connectivity index (χ3n) is 5.09. The van der Waals surface area contributed by atoms with Crippen LogP contribution in [0.3, 0.4) is 0 Å². The van der Waals surface area contributed by atoms with E-state index in [0.717, 1.165) is 36.9 Å². The first-order valence-electron chi connectivity index (χ1n) is 9.61. The Labute approximate surface area is 184 Å². The molecule has 0 bridgehead atoms. The van der Waals surface area contributed by atoms with Gasteiger partial charge in [-0.25, -0.2) is 4.98 Å². The van der Waals surface area contributed by atoms with Crippen molar-refractivity contribution in [3.63, 3.8) is 0 Å². The largest absolute Gasteiger partial charge is 0.353 e. The predicted molar refractivity (Wildman–Crippen MR) is 125 cm³/mol. The SMILES string of the molecule is CN=C(NCc1cnc(N(C)C)n1C)NC1CCc2cn(C(C)C)nc2C1.I. The normalized spacial score (nSPS) is 16.5. The molecule has 156 valence electrons. The molecule has 2 N–H and O–H groups in total. The van der Waals surface area contributed by atoms with Gasteiger partial charge in [-0.1, -0.05) is 0 Å². The average molecular weight is 500 g/mol. The van der Waals surface area contributed by atoms with Gasteiger partial charge < -0.3 is 20.1 Å². The van der Waals surface area contributed by atoms with Crippen molar-refractivity contribution in [3.05, 3.63) is 29.3 Å². The van der Waals surface area contributed by atoms with Gasteiger partial charge in [-0.15, -0.1) is 24.0 Å². The van der Waals surface area contributed by atoms with Gasteiger partial charge in [0.2, 0.25) is 5.95 Å². The molecule has 3 rings (SSSR count). The Morgan fingerprint density at radius 1 is 1.39 bits per heavy atom. The second-order valence-electron chi connectivity index (χ2n) is 7.69. The number of anilines is 1. The maximum atomic E-state index is 4.76. The van der Waals surface area contributed by atoms with Gasteiger partial charge in [-0.3, -0.25) is 9.67 Å². The molecule has 2 heterocycles. The van der Waals surface area contributed by atoms with Crippen LogP contribution in [0.4, 0.5) is 5.95 Å². The van der Waals surface area contributed by atoms with Gasteiger partial charge in [0.05, 0.1) is 24.1 Å². The van der Waals surface area contributed by atoms with Crippen LogP contribution in [0.25, 0.3) is 0 Å². The molecule has 0 aromatic carbocycles. The molecule has 0 amide bonds. The van der Waals surface area contributed by atoms with Crippen LogP contribution in [0.2, 0.25) is 0 Å². The lowest BCUT2D eigenvalue weighted by atomic mass is 9.94. The summed E-state index contributed by atoms with van der Waals surface area (Å²) in [5.41, 5.74) is 3.71. The highest BCUT2D eigenvalue weighted by Crippen LogP contribution is 2.21. The molecule has 8 nitrogen and oxygen atoms in total. The molecule has 28 heavy (non-hydrogen) atoms. The van der Waals surface area contributed by atoms with Crippen LogP contribution in [-0.2, 0) is 26.4 Å². The highest BCUT2D eigenvalue weighted by molar-refractivity contribution is 14.0. The first kappa shape index (κ1) is 22.5. The zero-order valence-electron chi connectivity index (χ0n) is 17.7. The minimum Gasteiger partial charge on any atom is -0.353 e. The Hall–Kier alpha value is -1.78. The van der Waals surface area contributed by atoms with E-state index in [4.69, 9.17) is 5.10 Å². The molecular weight excluding hydrogens is 467 g/mol. The number of aryl methyl sites for hydroxylation is 1. The van der Waals surface area contributed by atoms with Gasteiger partial charge in [-0.05, 0) is 32.3 Å². The molecule has 0 aliphatic heterocycles. The van der Waals surface area contributed by atoms with E-state index in [2.05, 4.69) is 49.9 Å². The number of fused-ring (bicyclic) bond motifs is 1. The van der Waals surface area contributed by atoms with E-state index in [-0.39, 0.29) is 24.0 Å². The summed E-state index contributed by atoms with van der Waals surface area (Å²) in [7, 11) is 7.84. The van der Waals surface area contributed by atoms with Crippen molar-refractivity contribution < 1.29 is 0 Å². The second-order valence-corrected chi connectivity index (χ2v) is 7.69. The summed E-state index contributed by atoms with van der Waals surface area (Å²) < 4.78 is 4.16. The maximum Gasteiger partial charge on any atom is 0.204 e. The van der Waals surface area contributed by atoms with Crippen molar-refractivity contribution in [3.8, 4) is 0 Å². The first-order valence-corrected chi connectivity index (χ1v) is 9.61. The number of hydrogen-bond donors (Lipinski definition) is 2. The van der Waals surface area contributed by atoms with Crippen molar-refractivity contribution in [2.75, 3.05) is 26.0 Å². The summed E-state index contributed by atoms with van der Waals surface area (Å²) in [5.74, 6) is 1.76. The number of nitrogens with one attached hydrogen (secondary N) is 2. The van der Waals surface area contributed by atoms with Gasteiger partial charge >= 0.3 is 0 Å². The lowest BCUT2D eigenvalue weighted by Gasteiger charge is -2.24. The monoisotopic (exact) mass is 500 g/mol. The molecule has 1 unspecified atom stereocenters. The summed E-state index contributed by atoms with van der Waals surface area (Å²) in [6.07, 6.45) is 7.19. The molecule has 1 aliphatic rings. The molecule has 0 spiro atoms. The van der Waals surface area contributed by atoms with E-state index in [1.54, 1.807) is 0 Å². The quantitative estimate of drug-likeness (QED) is 0.374. The van der Waals surface area contributed by atoms with Crippen molar-refractivity contribution in [2.24, 2.45) is 12.0 Å². The van der Waals surface area contributed by atoms with Crippen molar-refractivity contribution >= 4 is 35.9 Å². The fraction of sp³-hybridized carbons (Fsp3) is 0.632. The topological polar surface area (TPSA) is 75.3 Å². The number of rotatable bonds is 5. The minimum absolute atomic E-state index is 0. The number of imidazole rings is 1. The molecule has 0 radical (unpaired) electrons.